The second-order valence-corrected chi connectivity index (χ2v) is 7.77. The van der Waals surface area contributed by atoms with E-state index < -0.39 is 0 Å². The van der Waals surface area contributed by atoms with E-state index in [0.29, 0.717) is 12.0 Å². The smallest absolute Gasteiger partial charge is 0.126 e. The van der Waals surface area contributed by atoms with E-state index in [9.17, 15) is 0 Å². The molecule has 0 saturated carbocycles. The van der Waals surface area contributed by atoms with Crippen LogP contribution in [0.5, 0.6) is 5.75 Å². The number of ether oxygens (including phenoxy) is 1. The van der Waals surface area contributed by atoms with E-state index in [2.05, 4.69) is 82.5 Å². The second-order valence-electron chi connectivity index (χ2n) is 7.77. The first-order valence-electron chi connectivity index (χ1n) is 10.3. The van der Waals surface area contributed by atoms with Gasteiger partial charge in [-0.3, -0.25) is 14.8 Å². The number of hydrogen-bond acceptors (Lipinski definition) is 4. The predicted molar refractivity (Wildman–Crippen MR) is 117 cm³/mol. The summed E-state index contributed by atoms with van der Waals surface area (Å²) in [6.07, 6.45) is 3.72. The Hall–Kier alpha value is -2.69. The third-order valence-electron chi connectivity index (χ3n) is 5.96. The predicted octanol–water partition coefficient (Wildman–Crippen LogP) is 4.04. The lowest BCUT2D eigenvalue weighted by molar-refractivity contribution is 0.0810. The molecule has 1 unspecified atom stereocenters. The van der Waals surface area contributed by atoms with Crippen molar-refractivity contribution in [1.29, 1.82) is 0 Å². The summed E-state index contributed by atoms with van der Waals surface area (Å²) >= 11 is 0. The van der Waals surface area contributed by atoms with Gasteiger partial charge in [0.25, 0.3) is 0 Å². The molecule has 4 heteroatoms. The fourth-order valence-electron chi connectivity index (χ4n) is 4.39. The van der Waals surface area contributed by atoms with Crippen LogP contribution in [0.4, 0.5) is 0 Å². The Balaban J connectivity index is 1.62. The molecule has 1 aliphatic rings. The average molecular weight is 388 g/mol. The molecule has 2 aromatic carbocycles. The fraction of sp³-hybridized carbons (Fsp3) is 0.320. The van der Waals surface area contributed by atoms with Gasteiger partial charge in [-0.25, -0.2) is 0 Å². The first-order chi connectivity index (χ1) is 14.3. The molecule has 1 aromatic heterocycles. The zero-order chi connectivity index (χ0) is 20.1. The van der Waals surface area contributed by atoms with E-state index >= 15 is 0 Å². The Morgan fingerprint density at radius 2 is 1.62 bits per heavy atom. The Labute approximate surface area is 173 Å². The van der Waals surface area contributed by atoms with Crippen LogP contribution in [0.25, 0.3) is 0 Å². The number of benzene rings is 2. The summed E-state index contributed by atoms with van der Waals surface area (Å²) in [4.78, 5) is 9.35. The monoisotopic (exact) mass is 387 g/mol. The fourth-order valence-corrected chi connectivity index (χ4v) is 4.39. The van der Waals surface area contributed by atoms with Crippen molar-refractivity contribution in [3.63, 3.8) is 0 Å². The zero-order valence-corrected chi connectivity index (χ0v) is 17.2. The average Bonchev–Trinajstić information content (AvgIpc) is 2.78. The van der Waals surface area contributed by atoms with Gasteiger partial charge in [-0.1, -0.05) is 60.7 Å². The quantitative estimate of drug-likeness (QED) is 0.638. The summed E-state index contributed by atoms with van der Waals surface area (Å²) in [6.45, 7) is 3.95. The third-order valence-corrected chi connectivity index (χ3v) is 5.96. The van der Waals surface area contributed by atoms with Gasteiger partial charge >= 0.3 is 0 Å². The van der Waals surface area contributed by atoms with Crippen molar-refractivity contribution >= 4 is 0 Å². The van der Waals surface area contributed by atoms with Gasteiger partial charge in [-0.2, -0.15) is 0 Å². The van der Waals surface area contributed by atoms with Crippen molar-refractivity contribution in [2.75, 3.05) is 33.8 Å². The number of rotatable bonds is 6. The van der Waals surface area contributed by atoms with Crippen LogP contribution >= 0.6 is 0 Å². The van der Waals surface area contributed by atoms with Crippen molar-refractivity contribution in [2.24, 2.45) is 0 Å². The van der Waals surface area contributed by atoms with Gasteiger partial charge in [0.2, 0.25) is 0 Å². The molecule has 0 spiro atoms. The summed E-state index contributed by atoms with van der Waals surface area (Å²) in [5, 5.41) is 0. The molecule has 1 fully saturated rings. The number of pyridine rings is 1. The number of piperazine rings is 1. The molecule has 4 rings (SSSR count). The van der Waals surface area contributed by atoms with Crippen molar-refractivity contribution in [3.8, 4) is 5.75 Å². The number of methoxy groups -OCH3 is 1. The van der Waals surface area contributed by atoms with Gasteiger partial charge in [0.15, 0.2) is 0 Å². The molecule has 29 heavy (non-hydrogen) atoms. The van der Waals surface area contributed by atoms with Crippen LogP contribution in [-0.2, 0) is 6.54 Å². The number of likely N-dealkylation sites (N-methyl/N-ethyl adjacent to an activating group) is 1. The maximum absolute atomic E-state index is 5.54. The van der Waals surface area contributed by atoms with Gasteiger partial charge in [0.05, 0.1) is 7.11 Å². The standard InChI is InChI=1S/C25H29N3O/c1-27-15-16-28(18-22-17-26-14-13-24(22)29-2)19-23(27)25(20-9-5-3-6-10-20)21-11-7-4-8-12-21/h3-14,17,23,25H,15-16,18-19H2,1-2H3. The lowest BCUT2D eigenvalue weighted by Crippen LogP contribution is -2.53. The number of aromatic nitrogens is 1. The largest absolute Gasteiger partial charge is 0.496 e. The SMILES string of the molecule is COc1ccncc1CN1CCN(C)C(C(c2ccccc2)c2ccccc2)C1. The zero-order valence-electron chi connectivity index (χ0n) is 17.2. The number of hydrogen-bond donors (Lipinski definition) is 0. The van der Waals surface area contributed by atoms with E-state index in [1.807, 2.05) is 12.3 Å². The summed E-state index contributed by atoms with van der Waals surface area (Å²) in [6, 6.07) is 24.1. The van der Waals surface area contributed by atoms with Crippen LogP contribution in [0.1, 0.15) is 22.6 Å². The molecule has 4 nitrogen and oxygen atoms in total. The molecule has 0 radical (unpaired) electrons. The van der Waals surface area contributed by atoms with Crippen LogP contribution in [0, 0.1) is 0 Å². The lowest BCUT2D eigenvalue weighted by Gasteiger charge is -2.43. The van der Waals surface area contributed by atoms with Gasteiger partial charge in [-0.05, 0) is 24.2 Å². The Morgan fingerprint density at radius 1 is 0.966 bits per heavy atom. The molecular formula is C25H29N3O. The summed E-state index contributed by atoms with van der Waals surface area (Å²) in [5.41, 5.74) is 3.89. The van der Waals surface area contributed by atoms with Crippen LogP contribution in [0.15, 0.2) is 79.1 Å². The minimum Gasteiger partial charge on any atom is -0.496 e. The maximum atomic E-state index is 5.54. The highest BCUT2D eigenvalue weighted by atomic mass is 16.5. The third kappa shape index (κ3) is 4.50. The molecule has 0 amide bonds. The first kappa shape index (κ1) is 19.6. The Morgan fingerprint density at radius 3 is 2.24 bits per heavy atom. The minimum atomic E-state index is 0.334. The molecule has 3 aromatic rings. The van der Waals surface area contributed by atoms with Crippen molar-refractivity contribution in [2.45, 2.75) is 18.5 Å². The molecule has 0 aliphatic carbocycles. The van der Waals surface area contributed by atoms with Gasteiger partial charge < -0.3 is 4.74 Å². The highest BCUT2D eigenvalue weighted by molar-refractivity contribution is 5.35. The second kappa shape index (κ2) is 9.21. The van der Waals surface area contributed by atoms with Crippen LogP contribution < -0.4 is 4.74 Å². The molecular weight excluding hydrogens is 358 g/mol. The molecule has 150 valence electrons. The van der Waals surface area contributed by atoms with Crippen molar-refractivity contribution < 1.29 is 4.74 Å². The van der Waals surface area contributed by atoms with Gasteiger partial charge in [0, 0.05) is 56.1 Å². The van der Waals surface area contributed by atoms with E-state index in [0.717, 1.165) is 37.5 Å². The van der Waals surface area contributed by atoms with Crippen LogP contribution in [0.2, 0.25) is 0 Å². The summed E-state index contributed by atoms with van der Waals surface area (Å²) in [7, 11) is 3.98. The molecule has 1 atom stereocenters. The maximum Gasteiger partial charge on any atom is 0.126 e. The molecule has 0 bridgehead atoms. The topological polar surface area (TPSA) is 28.6 Å². The Kier molecular flexibility index (Phi) is 6.23. The molecule has 0 N–H and O–H groups in total. The lowest BCUT2D eigenvalue weighted by atomic mass is 9.83. The van der Waals surface area contributed by atoms with Gasteiger partial charge in [-0.15, -0.1) is 0 Å². The Bertz CT molecular complexity index is 861. The van der Waals surface area contributed by atoms with Crippen LogP contribution in [0.3, 0.4) is 0 Å². The highest BCUT2D eigenvalue weighted by Gasteiger charge is 2.33. The highest BCUT2D eigenvalue weighted by Crippen LogP contribution is 2.33. The summed E-state index contributed by atoms with van der Waals surface area (Å²) in [5.74, 6) is 1.25. The number of nitrogens with zero attached hydrogens (tertiary/aromatic N) is 3. The van der Waals surface area contributed by atoms with Gasteiger partial charge in [0.1, 0.15) is 5.75 Å². The van der Waals surface area contributed by atoms with Crippen LogP contribution in [-0.4, -0.2) is 54.6 Å². The van der Waals surface area contributed by atoms with E-state index in [1.54, 1.807) is 13.3 Å². The summed E-state index contributed by atoms with van der Waals surface area (Å²) < 4.78 is 5.54. The van der Waals surface area contributed by atoms with Crippen molar-refractivity contribution in [3.05, 3.63) is 95.8 Å². The first-order valence-corrected chi connectivity index (χ1v) is 10.3. The molecule has 1 aliphatic heterocycles. The minimum absolute atomic E-state index is 0.334. The molecule has 2 heterocycles. The van der Waals surface area contributed by atoms with E-state index in [1.165, 1.54) is 11.1 Å². The normalized spacial score (nSPS) is 18.1. The van der Waals surface area contributed by atoms with E-state index in [4.69, 9.17) is 4.74 Å². The molecule has 1 saturated heterocycles. The van der Waals surface area contributed by atoms with E-state index in [-0.39, 0.29) is 0 Å². The van der Waals surface area contributed by atoms with Crippen molar-refractivity contribution in [1.82, 2.24) is 14.8 Å².